The van der Waals surface area contributed by atoms with E-state index in [1.807, 2.05) is 0 Å². The molecular formula is C17H20Cl2. The van der Waals surface area contributed by atoms with Gasteiger partial charge in [0.2, 0.25) is 0 Å². The lowest BCUT2D eigenvalue weighted by Gasteiger charge is -2.63. The summed E-state index contributed by atoms with van der Waals surface area (Å²) in [6.45, 7) is 0. The van der Waals surface area contributed by atoms with Gasteiger partial charge in [-0.2, -0.15) is 0 Å². The Bertz CT molecular complexity index is 465. The third-order valence-electron chi connectivity index (χ3n) is 5.96. The summed E-state index contributed by atoms with van der Waals surface area (Å²) in [7, 11) is 0. The smallest absolute Gasteiger partial charge is 0.105 e. The number of rotatable bonds is 2. The highest BCUT2D eigenvalue weighted by atomic mass is 35.5. The van der Waals surface area contributed by atoms with Gasteiger partial charge in [-0.05, 0) is 61.3 Å². The molecule has 0 aromatic heterocycles. The van der Waals surface area contributed by atoms with Crippen LogP contribution in [0.1, 0.15) is 44.1 Å². The van der Waals surface area contributed by atoms with E-state index in [0.717, 1.165) is 11.8 Å². The second-order valence-corrected chi connectivity index (χ2v) is 8.37. The molecular weight excluding hydrogens is 275 g/mol. The molecule has 0 amide bonds. The van der Waals surface area contributed by atoms with Crippen LogP contribution in [0.3, 0.4) is 0 Å². The van der Waals surface area contributed by atoms with Crippen LogP contribution in [0, 0.1) is 17.3 Å². The van der Waals surface area contributed by atoms with Crippen molar-refractivity contribution in [3.63, 3.8) is 0 Å². The van der Waals surface area contributed by atoms with E-state index in [1.165, 1.54) is 44.1 Å². The molecule has 4 fully saturated rings. The molecule has 1 aromatic carbocycles. The van der Waals surface area contributed by atoms with Crippen LogP contribution in [-0.4, -0.2) is 4.84 Å². The predicted octanol–water partition coefficient (Wildman–Crippen LogP) is 5.33. The molecule has 1 aromatic rings. The van der Waals surface area contributed by atoms with E-state index in [0.29, 0.717) is 5.41 Å². The molecule has 0 N–H and O–H groups in total. The van der Waals surface area contributed by atoms with Crippen LogP contribution in [0.25, 0.3) is 0 Å². The number of alkyl halides is 2. The fraction of sp³-hybridized carbons (Fsp3) is 0.647. The van der Waals surface area contributed by atoms with Crippen LogP contribution in [-0.2, 0) is 5.41 Å². The van der Waals surface area contributed by atoms with E-state index in [9.17, 15) is 0 Å². The number of benzene rings is 1. The first kappa shape index (κ1) is 12.5. The summed E-state index contributed by atoms with van der Waals surface area (Å²) in [4.78, 5) is -0.193. The summed E-state index contributed by atoms with van der Waals surface area (Å²) < 4.78 is 0. The lowest BCUT2D eigenvalue weighted by Crippen LogP contribution is -2.56. The Morgan fingerprint density at radius 1 is 0.947 bits per heavy atom. The van der Waals surface area contributed by atoms with Crippen molar-refractivity contribution in [3.05, 3.63) is 35.9 Å². The summed E-state index contributed by atoms with van der Waals surface area (Å²) in [5.74, 6) is 1.70. The van der Waals surface area contributed by atoms with E-state index in [-0.39, 0.29) is 10.3 Å². The first-order valence-corrected chi connectivity index (χ1v) is 8.33. The molecule has 2 unspecified atom stereocenters. The van der Waals surface area contributed by atoms with Gasteiger partial charge in [0.05, 0.1) is 0 Å². The number of halogens is 2. The molecule has 4 aliphatic rings. The Morgan fingerprint density at radius 2 is 1.58 bits per heavy atom. The van der Waals surface area contributed by atoms with E-state index < -0.39 is 0 Å². The van der Waals surface area contributed by atoms with Gasteiger partial charge < -0.3 is 0 Å². The number of hydrogen-bond acceptors (Lipinski definition) is 0. The minimum absolute atomic E-state index is 0.193. The van der Waals surface area contributed by atoms with Crippen molar-refractivity contribution in [2.75, 3.05) is 0 Å². The summed E-state index contributed by atoms with van der Waals surface area (Å²) in [5, 5.41) is 0. The highest BCUT2D eigenvalue weighted by Crippen LogP contribution is 2.67. The summed E-state index contributed by atoms with van der Waals surface area (Å²) in [5.41, 5.74) is 2.10. The van der Waals surface area contributed by atoms with Crippen LogP contribution in [0.4, 0.5) is 0 Å². The van der Waals surface area contributed by atoms with Crippen molar-refractivity contribution >= 4 is 23.2 Å². The molecule has 0 radical (unpaired) electrons. The van der Waals surface area contributed by atoms with Gasteiger partial charge in [-0.15, -0.1) is 23.2 Å². The molecule has 0 nitrogen and oxygen atoms in total. The maximum atomic E-state index is 6.41. The first-order chi connectivity index (χ1) is 9.12. The van der Waals surface area contributed by atoms with Crippen molar-refractivity contribution in [1.82, 2.24) is 0 Å². The molecule has 4 bridgehead atoms. The van der Waals surface area contributed by atoms with Gasteiger partial charge in [0.15, 0.2) is 0 Å². The van der Waals surface area contributed by atoms with Gasteiger partial charge in [0, 0.05) is 5.41 Å². The maximum Gasteiger partial charge on any atom is 0.113 e. The predicted molar refractivity (Wildman–Crippen MR) is 80.7 cm³/mol. The third-order valence-corrected chi connectivity index (χ3v) is 6.88. The van der Waals surface area contributed by atoms with E-state index in [2.05, 4.69) is 30.3 Å². The SMILES string of the molecule is ClC(Cl)C12CC3CC(CC(c4ccccc4)(C3)C1)C2. The monoisotopic (exact) mass is 294 g/mol. The van der Waals surface area contributed by atoms with E-state index in [1.54, 1.807) is 0 Å². The van der Waals surface area contributed by atoms with Crippen molar-refractivity contribution in [2.24, 2.45) is 17.3 Å². The molecule has 2 heteroatoms. The fourth-order valence-electron chi connectivity index (χ4n) is 5.72. The molecule has 19 heavy (non-hydrogen) atoms. The molecule has 4 saturated carbocycles. The zero-order chi connectivity index (χ0) is 13.1. The average Bonchev–Trinajstić information content (AvgIpc) is 2.38. The summed E-state index contributed by atoms with van der Waals surface area (Å²) in [6, 6.07) is 11.1. The topological polar surface area (TPSA) is 0 Å². The largest absolute Gasteiger partial charge is 0.113 e. The Hall–Kier alpha value is -0.200. The van der Waals surface area contributed by atoms with Gasteiger partial charge in [-0.3, -0.25) is 0 Å². The fourth-order valence-corrected chi connectivity index (χ4v) is 6.23. The van der Waals surface area contributed by atoms with Gasteiger partial charge in [-0.25, -0.2) is 0 Å². The Labute approximate surface area is 125 Å². The van der Waals surface area contributed by atoms with Crippen LogP contribution < -0.4 is 0 Å². The zero-order valence-corrected chi connectivity index (χ0v) is 12.6. The minimum Gasteiger partial charge on any atom is -0.105 e. The van der Waals surface area contributed by atoms with Crippen molar-refractivity contribution < 1.29 is 0 Å². The van der Waals surface area contributed by atoms with Gasteiger partial charge >= 0.3 is 0 Å². The van der Waals surface area contributed by atoms with Gasteiger partial charge in [0.1, 0.15) is 4.84 Å². The molecule has 0 aliphatic heterocycles. The molecule has 0 spiro atoms. The van der Waals surface area contributed by atoms with Gasteiger partial charge in [0.25, 0.3) is 0 Å². The van der Waals surface area contributed by atoms with Crippen LogP contribution in [0.15, 0.2) is 30.3 Å². The minimum atomic E-state index is -0.193. The average molecular weight is 295 g/mol. The quantitative estimate of drug-likeness (QED) is 0.647. The molecule has 0 saturated heterocycles. The highest BCUT2D eigenvalue weighted by Gasteiger charge is 2.59. The van der Waals surface area contributed by atoms with Crippen LogP contribution in [0.2, 0.25) is 0 Å². The van der Waals surface area contributed by atoms with Crippen molar-refractivity contribution in [2.45, 2.75) is 48.8 Å². The standard InChI is InChI=1S/C17H20Cl2/c18-15(19)17-9-12-6-13(10-17)8-16(7-12,11-17)14-4-2-1-3-5-14/h1-5,12-13,15H,6-11H2. The highest BCUT2D eigenvalue weighted by molar-refractivity contribution is 6.44. The maximum absolute atomic E-state index is 6.41. The summed E-state index contributed by atoms with van der Waals surface area (Å²) >= 11 is 12.8. The second kappa shape index (κ2) is 4.15. The van der Waals surface area contributed by atoms with E-state index in [4.69, 9.17) is 23.2 Å². The normalized spacial score (nSPS) is 43.9. The molecule has 0 heterocycles. The van der Waals surface area contributed by atoms with Crippen molar-refractivity contribution in [1.29, 1.82) is 0 Å². The molecule has 102 valence electrons. The molecule has 5 rings (SSSR count). The van der Waals surface area contributed by atoms with Crippen molar-refractivity contribution in [3.8, 4) is 0 Å². The van der Waals surface area contributed by atoms with Crippen LogP contribution in [0.5, 0.6) is 0 Å². The first-order valence-electron chi connectivity index (χ1n) is 7.46. The second-order valence-electron chi connectivity index (χ2n) is 7.27. The van der Waals surface area contributed by atoms with Crippen LogP contribution >= 0.6 is 23.2 Å². The third kappa shape index (κ3) is 1.79. The lowest BCUT2D eigenvalue weighted by atomic mass is 9.43. The molecule has 2 atom stereocenters. The zero-order valence-electron chi connectivity index (χ0n) is 11.1. The Kier molecular flexibility index (Phi) is 2.74. The number of hydrogen-bond donors (Lipinski definition) is 0. The van der Waals surface area contributed by atoms with E-state index >= 15 is 0 Å². The molecule has 4 aliphatic carbocycles. The summed E-state index contributed by atoms with van der Waals surface area (Å²) in [6.07, 6.45) is 7.85. The Balaban J connectivity index is 1.78. The van der Waals surface area contributed by atoms with Gasteiger partial charge in [-0.1, -0.05) is 30.3 Å². The lowest BCUT2D eigenvalue weighted by molar-refractivity contribution is -0.0646. The Morgan fingerprint density at radius 3 is 2.16 bits per heavy atom.